The number of hydrogen-bond donors (Lipinski definition) is 2. The van der Waals surface area contributed by atoms with Crippen molar-refractivity contribution >= 4 is 11.9 Å². The van der Waals surface area contributed by atoms with Crippen LogP contribution in [0.25, 0.3) is 0 Å². The van der Waals surface area contributed by atoms with Crippen LogP contribution in [0.5, 0.6) is 11.5 Å². The van der Waals surface area contributed by atoms with Crippen molar-refractivity contribution in [3.63, 3.8) is 0 Å². The summed E-state index contributed by atoms with van der Waals surface area (Å²) >= 11 is 0. The number of carbonyl (C=O) groups excluding carboxylic acids is 1. The Kier molecular flexibility index (Phi) is 4.22. The largest absolute Gasteiger partial charge is 0.497 e. The number of methoxy groups -OCH3 is 1. The summed E-state index contributed by atoms with van der Waals surface area (Å²) in [7, 11) is 1.65. The summed E-state index contributed by atoms with van der Waals surface area (Å²) in [5, 5.41) is 14.1. The van der Waals surface area contributed by atoms with Gasteiger partial charge < -0.3 is 24.6 Å². The molecule has 0 aromatic heterocycles. The minimum atomic E-state index is -0.789. The fourth-order valence-electron chi connectivity index (χ4n) is 5.02. The molecule has 7 nitrogen and oxygen atoms in total. The molecule has 2 N–H and O–H groups in total. The molecule has 5 atom stereocenters. The number of esters is 1. The van der Waals surface area contributed by atoms with E-state index in [9.17, 15) is 9.90 Å². The molecule has 1 aromatic carbocycles. The van der Waals surface area contributed by atoms with Gasteiger partial charge in [0.2, 0.25) is 0 Å². The molecule has 0 saturated carbocycles. The second-order valence-electron chi connectivity index (χ2n) is 8.73. The standard InChI is InChI=1S/C22H26N2O5/c1-22(2)21(26)29-17(24-22)6-7-23-14-9-11-8-12(27-3)10-16-18(11)19-13(14)4-5-15(25)20(19)28-16/h4-5,8,10,13-15,19-20,23,25H,6-7,9H2,1-3H3. The van der Waals surface area contributed by atoms with E-state index in [-0.39, 0.29) is 30.0 Å². The minimum Gasteiger partial charge on any atom is -0.497 e. The lowest BCUT2D eigenvalue weighted by Crippen LogP contribution is -2.49. The van der Waals surface area contributed by atoms with Crippen LogP contribution in [-0.2, 0) is 16.0 Å². The number of aliphatic hydroxyl groups excluding tert-OH is 1. The number of nitrogens with zero attached hydrogens (tertiary/aromatic N) is 1. The highest BCUT2D eigenvalue weighted by Crippen LogP contribution is 2.53. The van der Waals surface area contributed by atoms with Crippen LogP contribution >= 0.6 is 0 Å². The zero-order valence-electron chi connectivity index (χ0n) is 16.8. The Morgan fingerprint density at radius 3 is 2.90 bits per heavy atom. The topological polar surface area (TPSA) is 89.4 Å². The van der Waals surface area contributed by atoms with Gasteiger partial charge in [0, 0.05) is 42.5 Å². The van der Waals surface area contributed by atoms with E-state index in [1.54, 1.807) is 21.0 Å². The maximum absolute atomic E-state index is 11.8. The first kappa shape index (κ1) is 18.6. The highest BCUT2D eigenvalue weighted by molar-refractivity contribution is 5.99. The first-order valence-corrected chi connectivity index (χ1v) is 10.2. The molecule has 0 saturated heterocycles. The lowest BCUT2D eigenvalue weighted by atomic mass is 9.67. The van der Waals surface area contributed by atoms with E-state index in [2.05, 4.69) is 22.5 Å². The Morgan fingerprint density at radius 2 is 2.17 bits per heavy atom. The van der Waals surface area contributed by atoms with Crippen LogP contribution in [0.15, 0.2) is 29.3 Å². The van der Waals surface area contributed by atoms with Crippen molar-refractivity contribution in [2.24, 2.45) is 10.9 Å². The molecule has 2 heterocycles. The van der Waals surface area contributed by atoms with Gasteiger partial charge in [-0.05, 0) is 31.9 Å². The van der Waals surface area contributed by atoms with E-state index in [4.69, 9.17) is 14.2 Å². The lowest BCUT2D eigenvalue weighted by molar-refractivity contribution is -0.138. The number of benzene rings is 1. The molecule has 2 aliphatic carbocycles. The summed E-state index contributed by atoms with van der Waals surface area (Å²) in [5.41, 5.74) is 1.62. The number of carbonyl (C=O) groups is 1. The summed E-state index contributed by atoms with van der Waals surface area (Å²) in [4.78, 5) is 16.2. The maximum atomic E-state index is 11.8. The number of rotatable bonds is 5. The fourth-order valence-corrected chi connectivity index (χ4v) is 5.02. The van der Waals surface area contributed by atoms with Gasteiger partial charge in [-0.3, -0.25) is 0 Å². The van der Waals surface area contributed by atoms with Crippen LogP contribution in [0.3, 0.4) is 0 Å². The third-order valence-electron chi connectivity index (χ3n) is 6.43. The first-order chi connectivity index (χ1) is 13.9. The molecule has 0 amide bonds. The van der Waals surface area contributed by atoms with Crippen LogP contribution in [0.1, 0.15) is 37.3 Å². The van der Waals surface area contributed by atoms with Crippen LogP contribution in [0.4, 0.5) is 0 Å². The van der Waals surface area contributed by atoms with E-state index in [0.29, 0.717) is 18.9 Å². The van der Waals surface area contributed by atoms with Crippen molar-refractivity contribution in [3.8, 4) is 11.5 Å². The molecule has 154 valence electrons. The number of nitrogens with one attached hydrogen (secondary N) is 1. The molecular weight excluding hydrogens is 372 g/mol. The van der Waals surface area contributed by atoms with E-state index in [0.717, 1.165) is 17.9 Å². The van der Waals surface area contributed by atoms with Crippen molar-refractivity contribution in [2.75, 3.05) is 13.7 Å². The van der Waals surface area contributed by atoms with Gasteiger partial charge in [0.15, 0.2) is 11.4 Å². The predicted octanol–water partition coefficient (Wildman–Crippen LogP) is 1.72. The summed E-state index contributed by atoms with van der Waals surface area (Å²) in [6, 6.07) is 4.18. The molecule has 29 heavy (non-hydrogen) atoms. The third-order valence-corrected chi connectivity index (χ3v) is 6.43. The molecular formula is C22H26N2O5. The SMILES string of the molecule is COc1cc2c3c(c1)OC1C(O)C=CC(C(NCCC4=NC(C)(C)C(=O)O4)C2)C31. The Bertz CT molecular complexity index is 922. The first-order valence-electron chi connectivity index (χ1n) is 10.2. The van der Waals surface area contributed by atoms with Gasteiger partial charge in [-0.15, -0.1) is 0 Å². The van der Waals surface area contributed by atoms with Crippen LogP contribution in [-0.4, -0.2) is 54.4 Å². The summed E-state index contributed by atoms with van der Waals surface area (Å²) in [6.07, 6.45) is 4.48. The molecule has 0 bridgehead atoms. The summed E-state index contributed by atoms with van der Waals surface area (Å²) < 4.78 is 16.9. The zero-order chi connectivity index (χ0) is 20.3. The molecule has 4 aliphatic rings. The molecule has 2 aliphatic heterocycles. The second kappa shape index (κ2) is 6.57. The van der Waals surface area contributed by atoms with Gasteiger partial charge in [-0.1, -0.05) is 12.2 Å². The number of cyclic esters (lactones) is 1. The van der Waals surface area contributed by atoms with Crippen LogP contribution in [0.2, 0.25) is 0 Å². The molecule has 5 unspecified atom stereocenters. The second-order valence-corrected chi connectivity index (χ2v) is 8.73. The quantitative estimate of drug-likeness (QED) is 0.580. The minimum absolute atomic E-state index is 0.123. The van der Waals surface area contributed by atoms with Gasteiger partial charge in [-0.2, -0.15) is 0 Å². The lowest BCUT2D eigenvalue weighted by Gasteiger charge is -2.41. The average Bonchev–Trinajstić information content (AvgIpc) is 3.19. The van der Waals surface area contributed by atoms with E-state index < -0.39 is 11.6 Å². The van der Waals surface area contributed by atoms with Gasteiger partial charge in [0.05, 0.1) is 7.11 Å². The van der Waals surface area contributed by atoms with Gasteiger partial charge in [0.1, 0.15) is 23.7 Å². The van der Waals surface area contributed by atoms with E-state index >= 15 is 0 Å². The number of hydrogen-bond acceptors (Lipinski definition) is 7. The summed E-state index contributed by atoms with van der Waals surface area (Å²) in [5.74, 6) is 2.15. The predicted molar refractivity (Wildman–Crippen MR) is 107 cm³/mol. The Morgan fingerprint density at radius 1 is 1.34 bits per heavy atom. The molecule has 0 fully saturated rings. The molecule has 0 spiro atoms. The fraction of sp³-hybridized carbons (Fsp3) is 0.545. The van der Waals surface area contributed by atoms with Crippen molar-refractivity contribution in [2.45, 2.75) is 56.4 Å². The Labute approximate surface area is 169 Å². The molecule has 1 aromatic rings. The highest BCUT2D eigenvalue weighted by Gasteiger charge is 2.50. The monoisotopic (exact) mass is 398 g/mol. The third kappa shape index (κ3) is 2.95. The number of ether oxygens (including phenoxy) is 3. The van der Waals surface area contributed by atoms with Crippen molar-refractivity contribution in [1.29, 1.82) is 0 Å². The molecule has 5 rings (SSSR count). The zero-order valence-corrected chi connectivity index (χ0v) is 16.8. The maximum Gasteiger partial charge on any atom is 0.340 e. The van der Waals surface area contributed by atoms with E-state index in [1.807, 2.05) is 12.1 Å². The summed E-state index contributed by atoms with van der Waals surface area (Å²) in [6.45, 7) is 4.18. The number of aliphatic imine (C=N–C) groups is 1. The average molecular weight is 398 g/mol. The van der Waals surface area contributed by atoms with Gasteiger partial charge in [-0.25, -0.2) is 9.79 Å². The highest BCUT2D eigenvalue weighted by atomic mass is 16.6. The van der Waals surface area contributed by atoms with Crippen molar-refractivity contribution in [1.82, 2.24) is 5.32 Å². The normalized spacial score (nSPS) is 33.0. The van der Waals surface area contributed by atoms with Crippen LogP contribution in [0, 0.1) is 5.92 Å². The van der Waals surface area contributed by atoms with Crippen molar-refractivity contribution < 1.29 is 24.1 Å². The van der Waals surface area contributed by atoms with Gasteiger partial charge in [0.25, 0.3) is 0 Å². The van der Waals surface area contributed by atoms with Gasteiger partial charge >= 0.3 is 5.97 Å². The molecule has 0 radical (unpaired) electrons. The number of aliphatic hydroxyl groups is 1. The Hall–Kier alpha value is -2.38. The smallest absolute Gasteiger partial charge is 0.340 e. The Balaban J connectivity index is 1.37. The van der Waals surface area contributed by atoms with Crippen LogP contribution < -0.4 is 14.8 Å². The van der Waals surface area contributed by atoms with Crippen molar-refractivity contribution in [3.05, 3.63) is 35.4 Å². The molecule has 7 heteroatoms. The van der Waals surface area contributed by atoms with E-state index in [1.165, 1.54) is 11.1 Å².